The highest BCUT2D eigenvalue weighted by Crippen LogP contribution is 2.40. The number of likely N-dealkylation sites (tertiary alicyclic amines) is 1. The number of hydrogen-bond donors (Lipinski definition) is 0. The Bertz CT molecular complexity index is 715. The van der Waals surface area contributed by atoms with Crippen LogP contribution in [0.5, 0.6) is 0 Å². The minimum absolute atomic E-state index is 0.00256. The van der Waals surface area contributed by atoms with E-state index in [0.717, 1.165) is 31.6 Å². The molecule has 1 aromatic heterocycles. The zero-order valence-corrected chi connectivity index (χ0v) is 13.7. The number of benzene rings is 1. The third-order valence-electron chi connectivity index (χ3n) is 5.11. The predicted molar refractivity (Wildman–Crippen MR) is 87.5 cm³/mol. The smallest absolute Gasteiger partial charge is 0.276 e. The Kier molecular flexibility index (Phi) is 3.47. The molecule has 0 N–H and O–H groups in total. The number of aryl methyl sites for hydroxylation is 1. The molecule has 4 nitrogen and oxygen atoms in total. The minimum atomic E-state index is 0.00256. The van der Waals surface area contributed by atoms with E-state index in [2.05, 4.69) is 43.3 Å². The fraction of sp³-hybridized carbons (Fsp3) is 0.474. The van der Waals surface area contributed by atoms with Crippen molar-refractivity contribution >= 4 is 5.91 Å². The quantitative estimate of drug-likeness (QED) is 0.864. The molecule has 2 atom stereocenters. The topological polar surface area (TPSA) is 46.3 Å². The van der Waals surface area contributed by atoms with Crippen molar-refractivity contribution in [1.82, 2.24) is 10.1 Å². The monoisotopic (exact) mass is 310 g/mol. The molecule has 23 heavy (non-hydrogen) atoms. The van der Waals surface area contributed by atoms with Crippen LogP contribution in [0.15, 0.2) is 34.9 Å². The molecule has 0 spiro atoms. The van der Waals surface area contributed by atoms with Gasteiger partial charge in [0.2, 0.25) is 0 Å². The summed E-state index contributed by atoms with van der Waals surface area (Å²) in [5.41, 5.74) is 3.04. The van der Waals surface area contributed by atoms with E-state index in [9.17, 15) is 4.79 Å². The minimum Gasteiger partial charge on any atom is -0.360 e. The van der Waals surface area contributed by atoms with E-state index in [1.54, 1.807) is 0 Å². The van der Waals surface area contributed by atoms with Crippen LogP contribution in [0.1, 0.15) is 65.4 Å². The van der Waals surface area contributed by atoms with E-state index in [1.165, 1.54) is 11.1 Å². The maximum Gasteiger partial charge on any atom is 0.276 e. The van der Waals surface area contributed by atoms with Crippen LogP contribution in [0.2, 0.25) is 0 Å². The molecule has 1 aliphatic carbocycles. The van der Waals surface area contributed by atoms with Gasteiger partial charge in [0.25, 0.3) is 5.91 Å². The van der Waals surface area contributed by atoms with Crippen molar-refractivity contribution in [2.75, 3.05) is 6.54 Å². The van der Waals surface area contributed by atoms with Crippen molar-refractivity contribution in [2.24, 2.45) is 0 Å². The number of nitrogens with zero attached hydrogens (tertiary/aromatic N) is 2. The molecule has 2 fully saturated rings. The summed E-state index contributed by atoms with van der Waals surface area (Å²) in [5.74, 6) is 1.77. The van der Waals surface area contributed by atoms with Crippen LogP contribution in [0.25, 0.3) is 0 Å². The van der Waals surface area contributed by atoms with Crippen LogP contribution < -0.4 is 0 Å². The Morgan fingerprint density at radius 1 is 1.22 bits per heavy atom. The lowest BCUT2D eigenvalue weighted by Crippen LogP contribution is -2.34. The maximum atomic E-state index is 12.7. The molecule has 2 unspecified atom stereocenters. The van der Waals surface area contributed by atoms with Gasteiger partial charge in [-0.05, 0) is 38.7 Å². The molecule has 0 bridgehead atoms. The van der Waals surface area contributed by atoms with E-state index in [-0.39, 0.29) is 11.9 Å². The molecule has 1 aliphatic heterocycles. The van der Waals surface area contributed by atoms with Gasteiger partial charge in [-0.15, -0.1) is 0 Å². The zero-order chi connectivity index (χ0) is 16.0. The molecule has 4 rings (SSSR count). The summed E-state index contributed by atoms with van der Waals surface area (Å²) < 4.78 is 5.33. The number of carbonyl (C=O) groups excluding carboxylic acids is 1. The first-order valence-corrected chi connectivity index (χ1v) is 8.46. The van der Waals surface area contributed by atoms with Crippen molar-refractivity contribution in [3.05, 3.63) is 52.9 Å². The van der Waals surface area contributed by atoms with Gasteiger partial charge >= 0.3 is 0 Å². The second kappa shape index (κ2) is 5.52. The van der Waals surface area contributed by atoms with Gasteiger partial charge < -0.3 is 9.42 Å². The Morgan fingerprint density at radius 2 is 1.96 bits per heavy atom. The van der Waals surface area contributed by atoms with E-state index < -0.39 is 0 Å². The normalized spacial score (nSPS) is 24.2. The number of aromatic nitrogens is 1. The number of rotatable bonds is 3. The highest BCUT2D eigenvalue weighted by Gasteiger charge is 2.36. The first-order valence-electron chi connectivity index (χ1n) is 8.46. The molecular formula is C19H22N2O2. The van der Waals surface area contributed by atoms with Crippen molar-refractivity contribution in [3.8, 4) is 0 Å². The molecule has 4 heteroatoms. The van der Waals surface area contributed by atoms with Gasteiger partial charge in [-0.3, -0.25) is 4.79 Å². The average Bonchev–Trinajstić information content (AvgIpc) is 3.15. The molecule has 1 amide bonds. The predicted octanol–water partition coefficient (Wildman–Crippen LogP) is 3.88. The molecule has 120 valence electrons. The molecule has 2 aromatic rings. The Hall–Kier alpha value is -2.10. The molecule has 0 radical (unpaired) electrons. The number of carbonyl (C=O) groups is 1. The standard InChI is InChI=1S/C19H22N2O2/c1-12-3-5-14(6-4-12)16-9-13(2)21(11-16)19(22)17-10-18(23-20-17)15-7-8-15/h3-6,10,13,15-16H,7-9,11H2,1-2H3. The third kappa shape index (κ3) is 2.78. The molecular weight excluding hydrogens is 288 g/mol. The summed E-state index contributed by atoms with van der Waals surface area (Å²) in [6.07, 6.45) is 3.30. The molecule has 1 aromatic carbocycles. The second-order valence-electron chi connectivity index (χ2n) is 7.04. The van der Waals surface area contributed by atoms with Crippen LogP contribution in [0.4, 0.5) is 0 Å². The van der Waals surface area contributed by atoms with Gasteiger partial charge in [0.15, 0.2) is 5.69 Å². The summed E-state index contributed by atoms with van der Waals surface area (Å²) >= 11 is 0. The van der Waals surface area contributed by atoms with Crippen molar-refractivity contribution in [1.29, 1.82) is 0 Å². The first-order chi connectivity index (χ1) is 11.1. The summed E-state index contributed by atoms with van der Waals surface area (Å²) in [7, 11) is 0. The van der Waals surface area contributed by atoms with Crippen molar-refractivity contribution < 1.29 is 9.32 Å². The fourth-order valence-electron chi connectivity index (χ4n) is 3.49. The van der Waals surface area contributed by atoms with Crippen LogP contribution in [-0.4, -0.2) is 28.6 Å². The van der Waals surface area contributed by atoms with Gasteiger partial charge in [-0.1, -0.05) is 35.0 Å². The Morgan fingerprint density at radius 3 is 2.65 bits per heavy atom. The van der Waals surface area contributed by atoms with Crippen molar-refractivity contribution in [3.63, 3.8) is 0 Å². The molecule has 2 heterocycles. The van der Waals surface area contributed by atoms with E-state index >= 15 is 0 Å². The fourth-order valence-corrected chi connectivity index (χ4v) is 3.49. The highest BCUT2D eigenvalue weighted by molar-refractivity contribution is 5.92. The van der Waals surface area contributed by atoms with Crippen LogP contribution in [0.3, 0.4) is 0 Å². The van der Waals surface area contributed by atoms with Gasteiger partial charge in [0.05, 0.1) is 0 Å². The second-order valence-corrected chi connectivity index (χ2v) is 7.04. The van der Waals surface area contributed by atoms with Crippen LogP contribution >= 0.6 is 0 Å². The van der Waals surface area contributed by atoms with Gasteiger partial charge in [0.1, 0.15) is 5.76 Å². The van der Waals surface area contributed by atoms with E-state index in [1.807, 2.05) is 11.0 Å². The van der Waals surface area contributed by atoms with E-state index in [0.29, 0.717) is 17.5 Å². The Labute approximate surface area is 136 Å². The van der Waals surface area contributed by atoms with E-state index in [4.69, 9.17) is 4.52 Å². The summed E-state index contributed by atoms with van der Waals surface area (Å²) in [5, 5.41) is 4.00. The Balaban J connectivity index is 1.49. The maximum absolute atomic E-state index is 12.7. The summed E-state index contributed by atoms with van der Waals surface area (Å²) in [4.78, 5) is 14.7. The van der Waals surface area contributed by atoms with Gasteiger partial charge in [-0.2, -0.15) is 0 Å². The summed E-state index contributed by atoms with van der Waals surface area (Å²) in [6.45, 7) is 4.97. The van der Waals surface area contributed by atoms with Crippen LogP contribution in [-0.2, 0) is 0 Å². The molecule has 1 saturated carbocycles. The number of amides is 1. The first kappa shape index (κ1) is 14.5. The zero-order valence-electron chi connectivity index (χ0n) is 13.7. The van der Waals surface area contributed by atoms with Gasteiger partial charge in [0, 0.05) is 30.5 Å². The lowest BCUT2D eigenvalue weighted by Gasteiger charge is -2.19. The lowest BCUT2D eigenvalue weighted by atomic mass is 9.96. The SMILES string of the molecule is Cc1ccc(C2CC(C)N(C(=O)c3cc(C4CC4)on3)C2)cc1. The third-order valence-corrected chi connectivity index (χ3v) is 5.11. The number of hydrogen-bond acceptors (Lipinski definition) is 3. The average molecular weight is 310 g/mol. The largest absolute Gasteiger partial charge is 0.360 e. The van der Waals surface area contributed by atoms with Crippen molar-refractivity contribution in [2.45, 2.75) is 51.0 Å². The van der Waals surface area contributed by atoms with Crippen LogP contribution in [0, 0.1) is 6.92 Å². The highest BCUT2D eigenvalue weighted by atomic mass is 16.5. The molecule has 2 aliphatic rings. The molecule has 1 saturated heterocycles. The lowest BCUT2D eigenvalue weighted by molar-refractivity contribution is 0.0735. The summed E-state index contributed by atoms with van der Waals surface area (Å²) in [6, 6.07) is 10.7. The van der Waals surface area contributed by atoms with Gasteiger partial charge in [-0.25, -0.2) is 0 Å².